The second-order valence-electron chi connectivity index (χ2n) is 3.44. The number of nitrogens with one attached hydrogen (secondary N) is 1. The van der Waals surface area contributed by atoms with Crippen LogP contribution in [0.4, 0.5) is 5.95 Å². The number of carbonyl (C=O) groups is 1. The molecule has 9 heteroatoms. The first-order valence-corrected chi connectivity index (χ1v) is 6.85. The lowest BCUT2D eigenvalue weighted by Crippen LogP contribution is -2.29. The molecule has 0 unspecified atom stereocenters. The fourth-order valence-corrected chi connectivity index (χ4v) is 3.14. The molecule has 18 heavy (non-hydrogen) atoms. The average Bonchev–Trinajstić information content (AvgIpc) is 2.95. The Bertz CT molecular complexity index is 563. The van der Waals surface area contributed by atoms with Gasteiger partial charge in [0, 0.05) is 12.8 Å². The minimum atomic E-state index is -0.280. The van der Waals surface area contributed by atoms with Gasteiger partial charge in [-0.3, -0.25) is 14.8 Å². The van der Waals surface area contributed by atoms with Gasteiger partial charge in [-0.05, 0) is 17.0 Å². The van der Waals surface area contributed by atoms with Crippen LogP contribution in [-0.4, -0.2) is 20.7 Å². The minimum absolute atomic E-state index is 0.280. The van der Waals surface area contributed by atoms with Gasteiger partial charge in [0.2, 0.25) is 5.95 Å². The van der Waals surface area contributed by atoms with Gasteiger partial charge in [0.25, 0.3) is 5.91 Å². The number of rotatable bonds is 4. The van der Waals surface area contributed by atoms with E-state index in [1.807, 2.05) is 11.4 Å². The average molecular weight is 284 g/mol. The summed E-state index contributed by atoms with van der Waals surface area (Å²) in [5, 5.41) is 10.3. The number of hydrogen-bond donors (Lipinski definition) is 3. The maximum absolute atomic E-state index is 11.5. The van der Waals surface area contributed by atoms with Crippen molar-refractivity contribution in [2.45, 2.75) is 10.9 Å². The molecule has 2 rings (SSSR count). The first kappa shape index (κ1) is 12.9. The number of carbonyl (C=O) groups excluding carboxylic acids is 1. The number of aromatic nitrogens is 3. The number of nitrogens with zero attached hydrogens (tertiary/aromatic N) is 3. The number of nitrogens with two attached hydrogens (primary N) is 2. The van der Waals surface area contributed by atoms with Gasteiger partial charge in [-0.1, -0.05) is 11.8 Å². The van der Waals surface area contributed by atoms with Crippen molar-refractivity contribution in [3.8, 4) is 0 Å². The number of nitrogen functional groups attached to an aromatic ring is 2. The molecule has 0 bridgehead atoms. The van der Waals surface area contributed by atoms with E-state index in [0.29, 0.717) is 21.7 Å². The van der Waals surface area contributed by atoms with E-state index in [9.17, 15) is 4.79 Å². The van der Waals surface area contributed by atoms with Crippen molar-refractivity contribution in [1.82, 2.24) is 20.2 Å². The predicted octanol–water partition coefficient (Wildman–Crippen LogP) is 0.355. The normalized spacial score (nSPS) is 10.6. The first-order chi connectivity index (χ1) is 8.63. The van der Waals surface area contributed by atoms with Crippen molar-refractivity contribution in [1.29, 1.82) is 0 Å². The molecule has 2 aromatic heterocycles. The van der Waals surface area contributed by atoms with Crippen molar-refractivity contribution in [3.05, 3.63) is 21.9 Å². The number of thioether (sulfide) groups is 1. The van der Waals surface area contributed by atoms with Crippen LogP contribution in [0.3, 0.4) is 0 Å². The predicted molar refractivity (Wildman–Crippen MR) is 70.9 cm³/mol. The highest BCUT2D eigenvalue weighted by Gasteiger charge is 2.13. The van der Waals surface area contributed by atoms with E-state index < -0.39 is 0 Å². The van der Waals surface area contributed by atoms with Crippen molar-refractivity contribution >= 4 is 35.0 Å². The second-order valence-corrected chi connectivity index (χ2v) is 5.30. The van der Waals surface area contributed by atoms with E-state index in [0.717, 1.165) is 5.56 Å². The van der Waals surface area contributed by atoms with Crippen molar-refractivity contribution in [3.63, 3.8) is 0 Å². The molecule has 0 aliphatic heterocycles. The highest BCUT2D eigenvalue weighted by atomic mass is 32.2. The molecule has 0 radical (unpaired) electrons. The molecule has 2 aromatic rings. The second kappa shape index (κ2) is 5.38. The zero-order valence-corrected chi connectivity index (χ0v) is 11.2. The Morgan fingerprint density at radius 3 is 3.00 bits per heavy atom. The Labute approximate surface area is 112 Å². The summed E-state index contributed by atoms with van der Waals surface area (Å²) in [5.41, 5.74) is 8.63. The lowest BCUT2D eigenvalue weighted by molar-refractivity contribution is 0.0957. The van der Waals surface area contributed by atoms with E-state index >= 15 is 0 Å². The van der Waals surface area contributed by atoms with Gasteiger partial charge >= 0.3 is 0 Å². The van der Waals surface area contributed by atoms with Gasteiger partial charge in [0.15, 0.2) is 5.16 Å². The summed E-state index contributed by atoms with van der Waals surface area (Å²) in [5.74, 6) is 5.82. The van der Waals surface area contributed by atoms with Gasteiger partial charge in [-0.2, -0.15) is 0 Å². The molecular formula is C9H12N6OS2. The molecule has 0 aromatic carbocycles. The Morgan fingerprint density at radius 2 is 2.39 bits per heavy atom. The SMILES string of the molecule is Cn1c(N)nnc1SCc1ccsc1C(=O)NN. The number of amides is 1. The number of hydrazine groups is 1. The summed E-state index contributed by atoms with van der Waals surface area (Å²) >= 11 is 2.82. The molecule has 0 atom stereocenters. The van der Waals surface area contributed by atoms with Crippen LogP contribution in [0.1, 0.15) is 15.2 Å². The zero-order valence-electron chi connectivity index (χ0n) is 9.58. The fourth-order valence-electron chi connectivity index (χ4n) is 1.31. The third-order valence-corrected chi connectivity index (χ3v) is 4.33. The highest BCUT2D eigenvalue weighted by molar-refractivity contribution is 7.98. The van der Waals surface area contributed by atoms with Crippen LogP contribution in [0.25, 0.3) is 0 Å². The smallest absolute Gasteiger partial charge is 0.275 e. The van der Waals surface area contributed by atoms with E-state index in [1.54, 1.807) is 11.6 Å². The summed E-state index contributed by atoms with van der Waals surface area (Å²) in [7, 11) is 1.79. The molecule has 2 heterocycles. The van der Waals surface area contributed by atoms with E-state index in [2.05, 4.69) is 15.6 Å². The topological polar surface area (TPSA) is 112 Å². The maximum atomic E-state index is 11.5. The molecule has 0 saturated heterocycles. The maximum Gasteiger partial charge on any atom is 0.275 e. The van der Waals surface area contributed by atoms with Crippen LogP contribution < -0.4 is 17.0 Å². The van der Waals surface area contributed by atoms with Gasteiger partial charge in [0.05, 0.1) is 4.88 Å². The van der Waals surface area contributed by atoms with Crippen LogP contribution in [0.2, 0.25) is 0 Å². The van der Waals surface area contributed by atoms with Gasteiger partial charge in [-0.15, -0.1) is 21.5 Å². The fraction of sp³-hybridized carbons (Fsp3) is 0.222. The Balaban J connectivity index is 2.09. The number of hydrogen-bond acceptors (Lipinski definition) is 7. The van der Waals surface area contributed by atoms with E-state index in [4.69, 9.17) is 11.6 Å². The summed E-state index contributed by atoms with van der Waals surface area (Å²) in [4.78, 5) is 12.1. The lowest BCUT2D eigenvalue weighted by atomic mass is 10.3. The van der Waals surface area contributed by atoms with Crippen molar-refractivity contribution in [2.24, 2.45) is 12.9 Å². The summed E-state index contributed by atoms with van der Waals surface area (Å²) < 4.78 is 1.69. The number of thiophene rings is 1. The molecule has 0 aliphatic carbocycles. The summed E-state index contributed by atoms with van der Waals surface area (Å²) in [6.07, 6.45) is 0. The molecule has 0 fully saturated rings. The van der Waals surface area contributed by atoms with E-state index in [1.165, 1.54) is 23.1 Å². The minimum Gasteiger partial charge on any atom is -0.368 e. The van der Waals surface area contributed by atoms with Crippen LogP contribution >= 0.6 is 23.1 Å². The van der Waals surface area contributed by atoms with Crippen LogP contribution in [0.5, 0.6) is 0 Å². The summed E-state index contributed by atoms with van der Waals surface area (Å²) in [6, 6.07) is 1.89. The quantitative estimate of drug-likeness (QED) is 0.323. The third kappa shape index (κ3) is 2.47. The van der Waals surface area contributed by atoms with Gasteiger partial charge in [-0.25, -0.2) is 5.84 Å². The third-order valence-electron chi connectivity index (χ3n) is 2.31. The molecule has 0 spiro atoms. The molecule has 1 amide bonds. The highest BCUT2D eigenvalue weighted by Crippen LogP contribution is 2.26. The molecule has 0 aliphatic rings. The molecule has 5 N–H and O–H groups in total. The van der Waals surface area contributed by atoms with E-state index in [-0.39, 0.29) is 5.91 Å². The molecule has 7 nitrogen and oxygen atoms in total. The Hall–Kier alpha value is -1.58. The zero-order chi connectivity index (χ0) is 13.1. The Kier molecular flexibility index (Phi) is 3.84. The largest absolute Gasteiger partial charge is 0.368 e. The monoisotopic (exact) mass is 284 g/mol. The van der Waals surface area contributed by atoms with Gasteiger partial charge in [0.1, 0.15) is 0 Å². The molecular weight excluding hydrogens is 272 g/mol. The number of anilines is 1. The standard InChI is InChI=1S/C9H12N6OS2/c1-15-8(10)13-14-9(15)18-4-5-2-3-17-6(5)7(16)12-11/h2-3H,4,11H2,1H3,(H2,10,13)(H,12,16). The van der Waals surface area contributed by atoms with Gasteiger partial charge < -0.3 is 5.73 Å². The Morgan fingerprint density at radius 1 is 1.61 bits per heavy atom. The van der Waals surface area contributed by atoms with Crippen LogP contribution in [0, 0.1) is 0 Å². The van der Waals surface area contributed by atoms with Crippen LogP contribution in [-0.2, 0) is 12.8 Å². The first-order valence-electron chi connectivity index (χ1n) is 4.98. The van der Waals surface area contributed by atoms with Crippen molar-refractivity contribution in [2.75, 3.05) is 5.73 Å². The molecule has 96 valence electrons. The lowest BCUT2D eigenvalue weighted by Gasteiger charge is -2.02. The summed E-state index contributed by atoms with van der Waals surface area (Å²) in [6.45, 7) is 0. The van der Waals surface area contributed by atoms with Crippen LogP contribution in [0.15, 0.2) is 16.6 Å². The molecule has 0 saturated carbocycles. The van der Waals surface area contributed by atoms with Crippen molar-refractivity contribution < 1.29 is 4.79 Å².